The normalized spacial score (nSPS) is 12.4. The van der Waals surface area contributed by atoms with E-state index in [0.717, 1.165) is 6.42 Å². The summed E-state index contributed by atoms with van der Waals surface area (Å²) in [6.07, 6.45) is 1.34. The summed E-state index contributed by atoms with van der Waals surface area (Å²) in [6.45, 7) is 2.06. The predicted octanol–water partition coefficient (Wildman–Crippen LogP) is 3.25. The molecule has 2 N–H and O–H groups in total. The maximum atomic E-state index is 13.5. The van der Waals surface area contributed by atoms with Gasteiger partial charge in [-0.3, -0.25) is 0 Å². The Hall–Kier alpha value is -1.67. The summed E-state index contributed by atoms with van der Waals surface area (Å²) in [4.78, 5) is 0. The van der Waals surface area contributed by atoms with Crippen LogP contribution in [0, 0.1) is 12.7 Å². The number of halogens is 1. The van der Waals surface area contributed by atoms with Crippen LogP contribution in [0.2, 0.25) is 0 Å². The van der Waals surface area contributed by atoms with Gasteiger partial charge in [0.2, 0.25) is 0 Å². The lowest BCUT2D eigenvalue weighted by Crippen LogP contribution is -2.26. The van der Waals surface area contributed by atoms with E-state index in [0.29, 0.717) is 12.0 Å². The topological polar surface area (TPSA) is 26.0 Å². The zero-order chi connectivity index (χ0) is 13.0. The molecule has 0 heterocycles. The molecular formula is C16H18FN. The highest BCUT2D eigenvalue weighted by molar-refractivity contribution is 5.24. The van der Waals surface area contributed by atoms with Crippen molar-refractivity contribution in [3.05, 3.63) is 71.0 Å². The van der Waals surface area contributed by atoms with E-state index in [1.165, 1.54) is 17.2 Å². The Kier molecular flexibility index (Phi) is 4.11. The maximum Gasteiger partial charge on any atom is 0.126 e. The Bertz CT molecular complexity index is 522. The van der Waals surface area contributed by atoms with Gasteiger partial charge in [0.15, 0.2) is 0 Å². The quantitative estimate of drug-likeness (QED) is 0.876. The van der Waals surface area contributed by atoms with Crippen LogP contribution in [0.5, 0.6) is 0 Å². The third-order valence-electron chi connectivity index (χ3n) is 3.02. The Morgan fingerprint density at radius 2 is 1.83 bits per heavy atom. The van der Waals surface area contributed by atoms with Crippen LogP contribution in [0.4, 0.5) is 4.39 Å². The van der Waals surface area contributed by atoms with Crippen LogP contribution in [0.15, 0.2) is 48.5 Å². The minimum absolute atomic E-state index is 0.0521. The summed E-state index contributed by atoms with van der Waals surface area (Å²) in [5.41, 5.74) is 9.22. The number of benzene rings is 2. The van der Waals surface area contributed by atoms with Gasteiger partial charge in [0, 0.05) is 6.04 Å². The molecule has 0 aliphatic carbocycles. The molecule has 94 valence electrons. The Morgan fingerprint density at radius 1 is 1.06 bits per heavy atom. The summed E-state index contributed by atoms with van der Waals surface area (Å²) in [5.74, 6) is -0.169. The summed E-state index contributed by atoms with van der Waals surface area (Å²) < 4.78 is 13.5. The zero-order valence-electron chi connectivity index (χ0n) is 10.6. The molecule has 0 spiro atoms. The van der Waals surface area contributed by atoms with Crippen molar-refractivity contribution in [3.8, 4) is 0 Å². The molecule has 2 aromatic carbocycles. The van der Waals surface area contributed by atoms with E-state index in [1.54, 1.807) is 12.1 Å². The first-order chi connectivity index (χ1) is 8.65. The first kappa shape index (κ1) is 12.8. The third kappa shape index (κ3) is 3.41. The van der Waals surface area contributed by atoms with Crippen molar-refractivity contribution in [3.63, 3.8) is 0 Å². The fraction of sp³-hybridized carbons (Fsp3) is 0.250. The molecule has 18 heavy (non-hydrogen) atoms. The predicted molar refractivity (Wildman–Crippen MR) is 73.0 cm³/mol. The van der Waals surface area contributed by atoms with Crippen molar-refractivity contribution < 1.29 is 4.39 Å². The second-order valence-corrected chi connectivity index (χ2v) is 4.75. The molecule has 0 radical (unpaired) electrons. The number of rotatable bonds is 4. The van der Waals surface area contributed by atoms with Crippen LogP contribution in [-0.4, -0.2) is 6.04 Å². The highest BCUT2D eigenvalue weighted by Gasteiger charge is 2.08. The maximum absolute atomic E-state index is 13.5. The van der Waals surface area contributed by atoms with Gasteiger partial charge in [-0.1, -0.05) is 48.0 Å². The zero-order valence-corrected chi connectivity index (χ0v) is 10.6. The van der Waals surface area contributed by atoms with Gasteiger partial charge < -0.3 is 5.73 Å². The molecule has 0 aromatic heterocycles. The second-order valence-electron chi connectivity index (χ2n) is 4.75. The molecule has 2 aromatic rings. The lowest BCUT2D eigenvalue weighted by Gasteiger charge is -2.12. The smallest absolute Gasteiger partial charge is 0.126 e. The molecule has 0 aliphatic rings. The van der Waals surface area contributed by atoms with E-state index in [4.69, 9.17) is 5.73 Å². The average molecular weight is 243 g/mol. The molecule has 2 heteroatoms. The van der Waals surface area contributed by atoms with Crippen molar-refractivity contribution >= 4 is 0 Å². The molecule has 0 saturated heterocycles. The number of hydrogen-bond acceptors (Lipinski definition) is 1. The number of aryl methyl sites for hydroxylation is 1. The Morgan fingerprint density at radius 3 is 2.56 bits per heavy atom. The Balaban J connectivity index is 2.01. The fourth-order valence-corrected chi connectivity index (χ4v) is 2.16. The van der Waals surface area contributed by atoms with Crippen LogP contribution in [0.25, 0.3) is 0 Å². The van der Waals surface area contributed by atoms with E-state index < -0.39 is 0 Å². The largest absolute Gasteiger partial charge is 0.327 e. The molecule has 0 fully saturated rings. The Labute approximate surface area is 107 Å². The van der Waals surface area contributed by atoms with Crippen LogP contribution >= 0.6 is 0 Å². The fourth-order valence-electron chi connectivity index (χ4n) is 2.16. The van der Waals surface area contributed by atoms with Gasteiger partial charge in [0.05, 0.1) is 0 Å². The summed E-state index contributed by atoms with van der Waals surface area (Å²) in [7, 11) is 0. The van der Waals surface area contributed by atoms with Gasteiger partial charge in [-0.15, -0.1) is 0 Å². The molecule has 1 nitrogen and oxygen atoms in total. The van der Waals surface area contributed by atoms with Crippen molar-refractivity contribution in [1.82, 2.24) is 0 Å². The highest BCUT2D eigenvalue weighted by atomic mass is 19.1. The molecule has 1 atom stereocenters. The molecule has 0 bridgehead atoms. The lowest BCUT2D eigenvalue weighted by molar-refractivity contribution is 0.584. The van der Waals surface area contributed by atoms with E-state index >= 15 is 0 Å². The van der Waals surface area contributed by atoms with Crippen LogP contribution in [-0.2, 0) is 12.8 Å². The summed E-state index contributed by atoms with van der Waals surface area (Å²) >= 11 is 0. The minimum Gasteiger partial charge on any atom is -0.327 e. The number of nitrogens with two attached hydrogens (primary N) is 1. The van der Waals surface area contributed by atoms with Crippen molar-refractivity contribution in [1.29, 1.82) is 0 Å². The summed E-state index contributed by atoms with van der Waals surface area (Å²) in [5, 5.41) is 0. The van der Waals surface area contributed by atoms with Crippen molar-refractivity contribution in [2.45, 2.75) is 25.8 Å². The second kappa shape index (κ2) is 5.78. The van der Waals surface area contributed by atoms with E-state index in [1.807, 2.05) is 12.1 Å². The van der Waals surface area contributed by atoms with Crippen molar-refractivity contribution in [2.24, 2.45) is 5.73 Å². The molecule has 2 rings (SSSR count). The monoisotopic (exact) mass is 243 g/mol. The first-order valence-corrected chi connectivity index (χ1v) is 6.19. The SMILES string of the molecule is Cc1cccc(CC(N)Cc2ccccc2F)c1. The highest BCUT2D eigenvalue weighted by Crippen LogP contribution is 2.12. The van der Waals surface area contributed by atoms with Gasteiger partial charge in [-0.2, -0.15) is 0 Å². The van der Waals surface area contributed by atoms with E-state index in [2.05, 4.69) is 25.1 Å². The van der Waals surface area contributed by atoms with Crippen LogP contribution in [0.3, 0.4) is 0 Å². The number of hydrogen-bond donors (Lipinski definition) is 1. The first-order valence-electron chi connectivity index (χ1n) is 6.19. The molecule has 0 saturated carbocycles. The van der Waals surface area contributed by atoms with Gasteiger partial charge in [0.1, 0.15) is 5.82 Å². The van der Waals surface area contributed by atoms with Crippen LogP contribution in [0.1, 0.15) is 16.7 Å². The average Bonchev–Trinajstić information content (AvgIpc) is 2.32. The van der Waals surface area contributed by atoms with Gasteiger partial charge in [0.25, 0.3) is 0 Å². The lowest BCUT2D eigenvalue weighted by atomic mass is 9.98. The molecular weight excluding hydrogens is 225 g/mol. The van der Waals surface area contributed by atoms with Gasteiger partial charge in [-0.05, 0) is 37.0 Å². The van der Waals surface area contributed by atoms with E-state index in [9.17, 15) is 4.39 Å². The minimum atomic E-state index is -0.169. The summed E-state index contributed by atoms with van der Waals surface area (Å²) in [6, 6.07) is 15.0. The van der Waals surface area contributed by atoms with E-state index in [-0.39, 0.29) is 11.9 Å². The van der Waals surface area contributed by atoms with Gasteiger partial charge in [-0.25, -0.2) is 4.39 Å². The van der Waals surface area contributed by atoms with Crippen LogP contribution < -0.4 is 5.73 Å². The molecule has 0 amide bonds. The van der Waals surface area contributed by atoms with Gasteiger partial charge >= 0.3 is 0 Å². The molecule has 1 unspecified atom stereocenters. The third-order valence-corrected chi connectivity index (χ3v) is 3.02. The molecule has 0 aliphatic heterocycles. The standard InChI is InChI=1S/C16H18FN/c1-12-5-4-6-13(9-12)10-15(18)11-14-7-2-3-8-16(14)17/h2-9,15H,10-11,18H2,1H3. The van der Waals surface area contributed by atoms with Crippen molar-refractivity contribution in [2.75, 3.05) is 0 Å².